The smallest absolute Gasteiger partial charge is 0.307 e. The number of carboxylic acids is 1. The first-order valence-electron chi connectivity index (χ1n) is 14.5. The molecule has 2 heterocycles. The molecule has 1 atom stereocenters. The quantitative estimate of drug-likeness (QED) is 0.216. The maximum atomic E-state index is 14.4. The summed E-state index contributed by atoms with van der Waals surface area (Å²) in [7, 11) is 0. The molecule has 1 aliphatic heterocycles. The van der Waals surface area contributed by atoms with Gasteiger partial charge in [-0.15, -0.1) is 0 Å². The summed E-state index contributed by atoms with van der Waals surface area (Å²) in [6.07, 6.45) is 1.56. The second kappa shape index (κ2) is 12.0. The summed E-state index contributed by atoms with van der Waals surface area (Å²) in [5.41, 5.74) is 4.56. The number of rotatable bonds is 7. The molecule has 0 aliphatic carbocycles. The first kappa shape index (κ1) is 28.6. The van der Waals surface area contributed by atoms with Crippen molar-refractivity contribution in [2.24, 2.45) is 0 Å². The van der Waals surface area contributed by atoms with Crippen LogP contribution < -0.4 is 0 Å². The summed E-state index contributed by atoms with van der Waals surface area (Å²) in [6, 6.07) is 32.9. The van der Waals surface area contributed by atoms with Gasteiger partial charge in [-0.05, 0) is 72.2 Å². The lowest BCUT2D eigenvalue weighted by molar-refractivity contribution is -0.136. The number of carbonyl (C=O) groups excluding carboxylic acids is 1. The van der Waals surface area contributed by atoms with Crippen LogP contribution in [0.15, 0.2) is 103 Å². The Bertz CT molecular complexity index is 1780. The number of nitrogens with zero attached hydrogens (tertiary/aromatic N) is 3. The summed E-state index contributed by atoms with van der Waals surface area (Å²) >= 11 is 6.30. The van der Waals surface area contributed by atoms with Crippen LogP contribution in [0.1, 0.15) is 64.1 Å². The monoisotopic (exact) mass is 589 g/mol. The Morgan fingerprint density at radius 1 is 0.837 bits per heavy atom. The van der Waals surface area contributed by atoms with Crippen LogP contribution in [0.2, 0.25) is 5.02 Å². The highest BCUT2D eigenvalue weighted by Gasteiger charge is 2.40. The first-order valence-corrected chi connectivity index (χ1v) is 14.9. The van der Waals surface area contributed by atoms with Gasteiger partial charge in [0.05, 0.1) is 28.6 Å². The average molecular weight is 590 g/mol. The number of benzene rings is 4. The maximum Gasteiger partial charge on any atom is 0.307 e. The maximum absolute atomic E-state index is 14.4. The van der Waals surface area contributed by atoms with Gasteiger partial charge in [-0.1, -0.05) is 90.5 Å². The summed E-state index contributed by atoms with van der Waals surface area (Å²) in [6.45, 7) is 3.22. The van der Waals surface area contributed by atoms with Gasteiger partial charge in [-0.2, -0.15) is 0 Å². The summed E-state index contributed by atoms with van der Waals surface area (Å²) < 4.78 is 0. The molecule has 1 aromatic heterocycles. The van der Waals surface area contributed by atoms with Gasteiger partial charge in [0.15, 0.2) is 5.69 Å². The van der Waals surface area contributed by atoms with Crippen molar-refractivity contribution in [2.45, 2.75) is 37.5 Å². The number of hydrogen-bond donors (Lipinski definition) is 1. The molecule has 0 radical (unpaired) electrons. The number of halogens is 1. The van der Waals surface area contributed by atoms with E-state index in [9.17, 15) is 14.7 Å². The Morgan fingerprint density at radius 3 is 2.12 bits per heavy atom. The molecule has 1 amide bonds. The predicted molar refractivity (Wildman–Crippen MR) is 169 cm³/mol. The molecule has 1 unspecified atom stereocenters. The van der Waals surface area contributed by atoms with Gasteiger partial charge < -0.3 is 10.0 Å². The molecule has 0 saturated carbocycles. The van der Waals surface area contributed by atoms with Crippen LogP contribution in [0.5, 0.6) is 0 Å². The van der Waals surface area contributed by atoms with E-state index in [2.05, 4.69) is 24.3 Å². The van der Waals surface area contributed by atoms with Crippen molar-refractivity contribution in [2.75, 3.05) is 13.1 Å². The SMILES string of the molecule is CC(c1ccc(Cl)cc1)(c1ccccc1CC(=O)O)c1nc2ccccc2nc1C(=O)N1CCC(c2ccccc2)CC1. The average Bonchev–Trinajstić information content (AvgIpc) is 3.04. The Labute approximate surface area is 256 Å². The Balaban J connectivity index is 1.50. The molecule has 4 aromatic carbocycles. The van der Waals surface area contributed by atoms with Crippen molar-refractivity contribution in [1.82, 2.24) is 14.9 Å². The molecule has 5 aromatic rings. The number of aliphatic carboxylic acids is 1. The number of carbonyl (C=O) groups is 2. The summed E-state index contributed by atoms with van der Waals surface area (Å²) in [5, 5.41) is 10.4. The lowest BCUT2D eigenvalue weighted by Gasteiger charge is -2.36. The van der Waals surface area contributed by atoms with Crippen molar-refractivity contribution in [3.8, 4) is 0 Å². The van der Waals surface area contributed by atoms with Gasteiger partial charge in [-0.3, -0.25) is 9.59 Å². The van der Waals surface area contributed by atoms with E-state index in [-0.39, 0.29) is 18.0 Å². The summed E-state index contributed by atoms with van der Waals surface area (Å²) in [4.78, 5) is 38.4. The van der Waals surface area contributed by atoms with E-state index in [1.165, 1.54) is 5.56 Å². The van der Waals surface area contributed by atoms with Crippen molar-refractivity contribution < 1.29 is 14.7 Å². The van der Waals surface area contributed by atoms with Crippen LogP contribution >= 0.6 is 11.6 Å². The third-order valence-corrected chi connectivity index (χ3v) is 8.87. The van der Waals surface area contributed by atoms with E-state index in [1.807, 2.05) is 78.6 Å². The minimum Gasteiger partial charge on any atom is -0.481 e. The summed E-state index contributed by atoms with van der Waals surface area (Å²) in [5.74, 6) is -0.710. The largest absolute Gasteiger partial charge is 0.481 e. The normalized spacial score (nSPS) is 15.3. The number of fused-ring (bicyclic) bond motifs is 1. The molecule has 1 N–H and O–H groups in total. The molecule has 6 nitrogen and oxygen atoms in total. The second-order valence-corrected chi connectivity index (χ2v) is 11.7. The lowest BCUT2D eigenvalue weighted by Crippen LogP contribution is -2.40. The van der Waals surface area contributed by atoms with Crippen molar-refractivity contribution in [3.63, 3.8) is 0 Å². The zero-order valence-electron chi connectivity index (χ0n) is 23.9. The fraction of sp³-hybridized carbons (Fsp3) is 0.222. The Kier molecular flexibility index (Phi) is 7.96. The van der Waals surface area contributed by atoms with Crippen molar-refractivity contribution in [3.05, 3.63) is 142 Å². The number of piperidine rings is 1. The van der Waals surface area contributed by atoms with E-state index >= 15 is 0 Å². The molecule has 7 heteroatoms. The minimum atomic E-state index is -1.01. The van der Waals surface area contributed by atoms with Crippen molar-refractivity contribution >= 4 is 34.5 Å². The number of likely N-dealkylation sites (tertiary alicyclic amines) is 1. The molecule has 1 saturated heterocycles. The highest BCUT2D eigenvalue weighted by atomic mass is 35.5. The molecular weight excluding hydrogens is 558 g/mol. The number of carboxylic acid groups (broad SMARTS) is 1. The highest BCUT2D eigenvalue weighted by molar-refractivity contribution is 6.30. The first-order chi connectivity index (χ1) is 20.8. The topological polar surface area (TPSA) is 83.4 Å². The molecule has 1 fully saturated rings. The van der Waals surface area contributed by atoms with E-state index in [1.54, 1.807) is 12.1 Å². The zero-order chi connectivity index (χ0) is 30.0. The van der Waals surface area contributed by atoms with E-state index < -0.39 is 11.4 Å². The second-order valence-electron chi connectivity index (χ2n) is 11.2. The number of para-hydroxylation sites is 2. The molecule has 6 rings (SSSR count). The van der Waals surface area contributed by atoms with E-state index in [0.717, 1.165) is 24.0 Å². The third kappa shape index (κ3) is 5.63. The molecule has 1 aliphatic rings. The fourth-order valence-corrected chi connectivity index (χ4v) is 6.44. The van der Waals surface area contributed by atoms with Gasteiger partial charge >= 0.3 is 5.97 Å². The van der Waals surface area contributed by atoms with E-state index in [4.69, 9.17) is 21.6 Å². The predicted octanol–water partition coefficient (Wildman–Crippen LogP) is 7.28. The number of aromatic nitrogens is 2. The fourth-order valence-electron chi connectivity index (χ4n) is 6.32. The van der Waals surface area contributed by atoms with Crippen LogP contribution in [0, 0.1) is 0 Å². The van der Waals surface area contributed by atoms with Gasteiger partial charge in [-0.25, -0.2) is 9.97 Å². The van der Waals surface area contributed by atoms with Crippen LogP contribution in [0.25, 0.3) is 11.0 Å². The Hall–Kier alpha value is -4.55. The van der Waals surface area contributed by atoms with Gasteiger partial charge in [0, 0.05) is 18.1 Å². The Morgan fingerprint density at radius 2 is 1.44 bits per heavy atom. The molecule has 0 bridgehead atoms. The van der Waals surface area contributed by atoms with E-state index in [0.29, 0.717) is 46.3 Å². The molecule has 216 valence electrons. The molecular formula is C36H32ClN3O3. The third-order valence-electron chi connectivity index (χ3n) is 8.62. The van der Waals surface area contributed by atoms with Gasteiger partial charge in [0.2, 0.25) is 0 Å². The number of hydrogen-bond acceptors (Lipinski definition) is 4. The highest BCUT2D eigenvalue weighted by Crippen LogP contribution is 2.42. The standard InChI is InChI=1S/C36H32ClN3O3/c1-36(27-15-17-28(37)18-16-27,29-12-6-5-11-26(29)23-32(41)42)34-33(38-30-13-7-8-14-31(30)39-34)35(43)40-21-19-25(20-22-40)24-9-3-2-4-10-24/h2-18,25H,19-23H2,1H3,(H,41,42). The van der Waals surface area contributed by atoms with Crippen LogP contribution in [0.4, 0.5) is 0 Å². The lowest BCUT2D eigenvalue weighted by atomic mass is 9.70. The van der Waals surface area contributed by atoms with Crippen LogP contribution in [0.3, 0.4) is 0 Å². The van der Waals surface area contributed by atoms with Gasteiger partial charge in [0.1, 0.15) is 0 Å². The molecule has 0 spiro atoms. The zero-order valence-corrected chi connectivity index (χ0v) is 24.7. The minimum absolute atomic E-state index is 0.170. The number of amides is 1. The van der Waals surface area contributed by atoms with Gasteiger partial charge in [0.25, 0.3) is 5.91 Å². The van der Waals surface area contributed by atoms with Crippen LogP contribution in [-0.4, -0.2) is 44.9 Å². The van der Waals surface area contributed by atoms with Crippen LogP contribution in [-0.2, 0) is 16.6 Å². The molecule has 43 heavy (non-hydrogen) atoms. The van der Waals surface area contributed by atoms with Crippen molar-refractivity contribution in [1.29, 1.82) is 0 Å².